The van der Waals surface area contributed by atoms with E-state index in [1.165, 1.54) is 11.0 Å². The van der Waals surface area contributed by atoms with Crippen LogP contribution in [0.4, 0.5) is 4.39 Å². The van der Waals surface area contributed by atoms with Gasteiger partial charge in [-0.15, -0.1) is 0 Å². The van der Waals surface area contributed by atoms with Gasteiger partial charge >= 0.3 is 0 Å². The van der Waals surface area contributed by atoms with Gasteiger partial charge in [0.05, 0.1) is 6.42 Å². The Morgan fingerprint density at radius 2 is 1.66 bits per heavy atom. The Morgan fingerprint density at radius 3 is 2.34 bits per heavy atom. The Balaban J connectivity index is 1.96. The van der Waals surface area contributed by atoms with E-state index in [-0.39, 0.29) is 24.8 Å². The van der Waals surface area contributed by atoms with Crippen LogP contribution in [0.2, 0.25) is 5.02 Å². The SMILES string of the molecule is CCNC(=O)[C@H](Cc1ccccc1)N(Cc1cccc(Cl)c1)C(=O)Cc1ccccc1F. The zero-order valence-electron chi connectivity index (χ0n) is 17.9. The molecule has 0 aliphatic rings. The average molecular weight is 453 g/mol. The van der Waals surface area contributed by atoms with Gasteiger partial charge in [-0.05, 0) is 41.8 Å². The first-order valence-electron chi connectivity index (χ1n) is 10.6. The molecule has 3 rings (SSSR count). The molecule has 0 heterocycles. The summed E-state index contributed by atoms with van der Waals surface area (Å²) in [6.45, 7) is 2.46. The zero-order valence-corrected chi connectivity index (χ0v) is 18.7. The maximum absolute atomic E-state index is 14.3. The minimum atomic E-state index is -0.754. The van der Waals surface area contributed by atoms with Crippen LogP contribution in [0.5, 0.6) is 0 Å². The van der Waals surface area contributed by atoms with Crippen LogP contribution in [0.15, 0.2) is 78.9 Å². The standard InChI is InChI=1S/C26H26ClFN2O2/c1-2-29-26(32)24(16-19-9-4-3-5-10-19)30(18-20-11-8-13-22(27)15-20)25(31)17-21-12-6-7-14-23(21)28/h3-15,24H,2,16-18H2,1H3,(H,29,32)/t24-/m0/s1. The molecule has 0 saturated carbocycles. The van der Waals surface area contributed by atoms with Crippen LogP contribution in [0, 0.1) is 5.82 Å². The second kappa shape index (κ2) is 11.4. The Hall–Kier alpha value is -3.18. The van der Waals surface area contributed by atoms with E-state index in [1.54, 1.807) is 36.4 Å². The molecule has 2 amide bonds. The molecule has 3 aromatic carbocycles. The van der Waals surface area contributed by atoms with Crippen molar-refractivity contribution in [2.45, 2.75) is 32.4 Å². The molecule has 4 nitrogen and oxygen atoms in total. The maximum Gasteiger partial charge on any atom is 0.243 e. The van der Waals surface area contributed by atoms with E-state index >= 15 is 0 Å². The molecular formula is C26H26ClFN2O2. The number of hydrogen-bond acceptors (Lipinski definition) is 2. The molecule has 32 heavy (non-hydrogen) atoms. The third kappa shape index (κ3) is 6.41. The normalized spacial score (nSPS) is 11.6. The highest BCUT2D eigenvalue weighted by molar-refractivity contribution is 6.30. The number of halogens is 2. The summed E-state index contributed by atoms with van der Waals surface area (Å²) in [6.07, 6.45) is 0.203. The van der Waals surface area contributed by atoms with Crippen molar-refractivity contribution in [3.05, 3.63) is 106 Å². The Labute approximate surface area is 193 Å². The quantitative estimate of drug-likeness (QED) is 0.507. The van der Waals surface area contributed by atoms with Crippen LogP contribution < -0.4 is 5.32 Å². The van der Waals surface area contributed by atoms with Crippen molar-refractivity contribution in [1.82, 2.24) is 10.2 Å². The smallest absolute Gasteiger partial charge is 0.243 e. The van der Waals surface area contributed by atoms with Gasteiger partial charge in [0.15, 0.2) is 0 Å². The summed E-state index contributed by atoms with van der Waals surface area (Å²) in [4.78, 5) is 28.0. The molecule has 0 aromatic heterocycles. The van der Waals surface area contributed by atoms with Gasteiger partial charge in [-0.2, -0.15) is 0 Å². The molecule has 0 spiro atoms. The highest BCUT2D eigenvalue weighted by Crippen LogP contribution is 2.19. The predicted molar refractivity (Wildman–Crippen MR) is 125 cm³/mol. The summed E-state index contributed by atoms with van der Waals surface area (Å²) in [5.41, 5.74) is 2.02. The average Bonchev–Trinajstić information content (AvgIpc) is 2.78. The van der Waals surface area contributed by atoms with E-state index in [0.29, 0.717) is 23.6 Å². The molecule has 1 atom stereocenters. The molecule has 6 heteroatoms. The Kier molecular flexibility index (Phi) is 8.40. The molecule has 1 N–H and O–H groups in total. The molecular weight excluding hydrogens is 427 g/mol. The number of rotatable bonds is 9. The summed E-state index contributed by atoms with van der Waals surface area (Å²) in [5, 5.41) is 3.38. The number of carbonyl (C=O) groups excluding carboxylic acids is 2. The number of benzene rings is 3. The van der Waals surface area contributed by atoms with Crippen molar-refractivity contribution >= 4 is 23.4 Å². The molecule has 0 saturated heterocycles. The van der Waals surface area contributed by atoms with Gasteiger partial charge in [-0.3, -0.25) is 9.59 Å². The highest BCUT2D eigenvalue weighted by Gasteiger charge is 2.30. The van der Waals surface area contributed by atoms with Crippen molar-refractivity contribution in [3.8, 4) is 0 Å². The summed E-state index contributed by atoms with van der Waals surface area (Å²) in [5.74, 6) is -1.02. The van der Waals surface area contributed by atoms with Gasteiger partial charge in [0.1, 0.15) is 11.9 Å². The number of carbonyl (C=O) groups is 2. The second-order valence-electron chi connectivity index (χ2n) is 7.52. The molecule has 0 unspecified atom stereocenters. The summed E-state index contributed by atoms with van der Waals surface area (Å²) >= 11 is 6.15. The van der Waals surface area contributed by atoms with Gasteiger partial charge in [-0.1, -0.05) is 72.3 Å². The monoisotopic (exact) mass is 452 g/mol. The topological polar surface area (TPSA) is 49.4 Å². The number of hydrogen-bond donors (Lipinski definition) is 1. The van der Waals surface area contributed by atoms with Crippen molar-refractivity contribution in [1.29, 1.82) is 0 Å². The third-order valence-corrected chi connectivity index (χ3v) is 5.40. The van der Waals surface area contributed by atoms with Crippen molar-refractivity contribution < 1.29 is 14.0 Å². The molecule has 0 aliphatic carbocycles. The summed E-state index contributed by atoms with van der Waals surface area (Å²) in [6, 6.07) is 22.1. The Morgan fingerprint density at radius 1 is 0.969 bits per heavy atom. The van der Waals surface area contributed by atoms with E-state index in [0.717, 1.165) is 11.1 Å². The number of nitrogens with zero attached hydrogens (tertiary/aromatic N) is 1. The first kappa shape index (κ1) is 23.5. The van der Waals surface area contributed by atoms with Gasteiger partial charge in [0, 0.05) is 24.5 Å². The fourth-order valence-electron chi connectivity index (χ4n) is 3.58. The first-order chi connectivity index (χ1) is 15.5. The van der Waals surface area contributed by atoms with Crippen LogP contribution in [0.1, 0.15) is 23.6 Å². The minimum Gasteiger partial charge on any atom is -0.355 e. The predicted octanol–water partition coefficient (Wildman–Crippen LogP) is 4.80. The molecule has 0 aliphatic heterocycles. The van der Waals surface area contributed by atoms with E-state index in [9.17, 15) is 14.0 Å². The van der Waals surface area contributed by atoms with E-state index in [1.807, 2.05) is 43.3 Å². The van der Waals surface area contributed by atoms with Crippen LogP contribution in [-0.2, 0) is 29.0 Å². The van der Waals surface area contributed by atoms with E-state index in [2.05, 4.69) is 5.32 Å². The molecule has 0 radical (unpaired) electrons. The zero-order chi connectivity index (χ0) is 22.9. The lowest BCUT2D eigenvalue weighted by Crippen LogP contribution is -2.51. The maximum atomic E-state index is 14.3. The largest absolute Gasteiger partial charge is 0.355 e. The molecule has 3 aromatic rings. The fourth-order valence-corrected chi connectivity index (χ4v) is 3.80. The van der Waals surface area contributed by atoms with Gasteiger partial charge in [0.2, 0.25) is 11.8 Å². The number of likely N-dealkylation sites (N-methyl/N-ethyl adjacent to an activating group) is 1. The lowest BCUT2D eigenvalue weighted by molar-refractivity contribution is -0.140. The van der Waals surface area contributed by atoms with Crippen LogP contribution in [0.3, 0.4) is 0 Å². The van der Waals surface area contributed by atoms with Crippen molar-refractivity contribution in [3.63, 3.8) is 0 Å². The molecule has 0 fully saturated rings. The van der Waals surface area contributed by atoms with Gasteiger partial charge < -0.3 is 10.2 Å². The lowest BCUT2D eigenvalue weighted by atomic mass is 10.0. The van der Waals surface area contributed by atoms with E-state index in [4.69, 9.17) is 11.6 Å². The lowest BCUT2D eigenvalue weighted by Gasteiger charge is -2.31. The summed E-state index contributed by atoms with van der Waals surface area (Å²) < 4.78 is 14.3. The summed E-state index contributed by atoms with van der Waals surface area (Å²) in [7, 11) is 0. The van der Waals surface area contributed by atoms with E-state index < -0.39 is 11.9 Å². The Bertz CT molecular complexity index is 1060. The van der Waals surface area contributed by atoms with Crippen LogP contribution >= 0.6 is 11.6 Å². The van der Waals surface area contributed by atoms with Crippen molar-refractivity contribution in [2.24, 2.45) is 0 Å². The number of amides is 2. The van der Waals surface area contributed by atoms with Crippen molar-refractivity contribution in [2.75, 3.05) is 6.54 Å². The third-order valence-electron chi connectivity index (χ3n) is 5.16. The fraction of sp³-hybridized carbons (Fsp3) is 0.231. The first-order valence-corrected chi connectivity index (χ1v) is 10.9. The molecule has 0 bridgehead atoms. The minimum absolute atomic E-state index is 0.141. The number of nitrogens with one attached hydrogen (secondary N) is 1. The van der Waals surface area contributed by atoms with Crippen LogP contribution in [-0.4, -0.2) is 29.3 Å². The second-order valence-corrected chi connectivity index (χ2v) is 7.96. The van der Waals surface area contributed by atoms with Gasteiger partial charge in [-0.25, -0.2) is 4.39 Å². The van der Waals surface area contributed by atoms with Gasteiger partial charge in [0.25, 0.3) is 0 Å². The van der Waals surface area contributed by atoms with Crippen LogP contribution in [0.25, 0.3) is 0 Å². The molecule has 166 valence electrons. The highest BCUT2D eigenvalue weighted by atomic mass is 35.5.